The average molecular weight is 336 g/mol. The molecule has 1 heterocycles. The molecule has 0 aromatic heterocycles. The zero-order valence-corrected chi connectivity index (χ0v) is 14.5. The van der Waals surface area contributed by atoms with Gasteiger partial charge in [-0.15, -0.1) is 0 Å². The van der Waals surface area contributed by atoms with Gasteiger partial charge in [-0.25, -0.2) is 12.7 Å². The van der Waals surface area contributed by atoms with Crippen LogP contribution in [0.15, 0.2) is 30.3 Å². The van der Waals surface area contributed by atoms with Crippen LogP contribution in [-0.2, 0) is 14.8 Å². The summed E-state index contributed by atoms with van der Waals surface area (Å²) < 4.78 is 24.7. The summed E-state index contributed by atoms with van der Waals surface area (Å²) in [7, 11) is -1.53. The van der Waals surface area contributed by atoms with E-state index in [1.165, 1.54) is 16.1 Å². The molecule has 1 aromatic rings. The number of nitrogens with zero attached hydrogens (tertiary/aromatic N) is 2. The average Bonchev–Trinajstić information content (AvgIpc) is 3.34. The van der Waals surface area contributed by atoms with E-state index in [1.807, 2.05) is 23.1 Å². The second-order valence-electron chi connectivity index (χ2n) is 6.70. The highest BCUT2D eigenvalue weighted by Crippen LogP contribution is 2.48. The standard InChI is InChI=1S/C17H24N2O3S/c1-18(23(2,21)22)14-8-10-19(11-9-14)17(20)16-12-15(16)13-6-4-3-5-7-13/h3-7,14-16H,8-12H2,1-2H3/t15-,16+/m0/s1. The van der Waals surface area contributed by atoms with Crippen LogP contribution >= 0.6 is 0 Å². The number of piperidine rings is 1. The van der Waals surface area contributed by atoms with Crippen LogP contribution in [-0.4, -0.2) is 56.0 Å². The summed E-state index contributed by atoms with van der Waals surface area (Å²) in [6, 6.07) is 10.2. The summed E-state index contributed by atoms with van der Waals surface area (Å²) in [5.74, 6) is 0.709. The quantitative estimate of drug-likeness (QED) is 0.840. The van der Waals surface area contributed by atoms with Crippen molar-refractivity contribution in [2.45, 2.75) is 31.2 Å². The summed E-state index contributed by atoms with van der Waals surface area (Å²) in [6.07, 6.45) is 3.61. The number of carbonyl (C=O) groups excluding carboxylic acids is 1. The monoisotopic (exact) mass is 336 g/mol. The van der Waals surface area contributed by atoms with Crippen LogP contribution in [0.1, 0.15) is 30.7 Å². The summed E-state index contributed by atoms with van der Waals surface area (Å²) in [5, 5.41) is 0. The maximum atomic E-state index is 12.6. The van der Waals surface area contributed by atoms with E-state index in [2.05, 4.69) is 12.1 Å². The maximum Gasteiger partial charge on any atom is 0.226 e. The van der Waals surface area contributed by atoms with Crippen molar-refractivity contribution in [1.82, 2.24) is 9.21 Å². The van der Waals surface area contributed by atoms with Gasteiger partial charge in [0.1, 0.15) is 0 Å². The molecule has 1 amide bonds. The Morgan fingerprint density at radius 2 is 1.78 bits per heavy atom. The van der Waals surface area contributed by atoms with E-state index in [4.69, 9.17) is 0 Å². The molecule has 2 fully saturated rings. The van der Waals surface area contributed by atoms with Crippen molar-refractivity contribution < 1.29 is 13.2 Å². The summed E-state index contributed by atoms with van der Waals surface area (Å²) in [4.78, 5) is 14.5. The van der Waals surface area contributed by atoms with Crippen LogP contribution in [0.4, 0.5) is 0 Å². The van der Waals surface area contributed by atoms with Gasteiger partial charge in [-0.3, -0.25) is 4.79 Å². The molecular weight excluding hydrogens is 312 g/mol. The maximum absolute atomic E-state index is 12.6. The van der Waals surface area contributed by atoms with Gasteiger partial charge in [0, 0.05) is 32.1 Å². The molecule has 1 aliphatic carbocycles. The first kappa shape index (κ1) is 16.5. The summed E-state index contributed by atoms with van der Waals surface area (Å²) in [6.45, 7) is 1.31. The number of carbonyl (C=O) groups is 1. The molecule has 0 N–H and O–H groups in total. The van der Waals surface area contributed by atoms with Crippen molar-refractivity contribution in [1.29, 1.82) is 0 Å². The molecule has 1 aliphatic heterocycles. The number of likely N-dealkylation sites (tertiary alicyclic amines) is 1. The van der Waals surface area contributed by atoms with Crippen molar-refractivity contribution in [2.24, 2.45) is 5.92 Å². The fourth-order valence-electron chi connectivity index (χ4n) is 3.49. The Morgan fingerprint density at radius 1 is 1.17 bits per heavy atom. The topological polar surface area (TPSA) is 57.7 Å². The normalized spacial score (nSPS) is 25.6. The van der Waals surface area contributed by atoms with Gasteiger partial charge in [-0.2, -0.15) is 0 Å². The summed E-state index contributed by atoms with van der Waals surface area (Å²) >= 11 is 0. The Labute approximate surface area is 138 Å². The number of hydrogen-bond acceptors (Lipinski definition) is 3. The van der Waals surface area contributed by atoms with Crippen molar-refractivity contribution in [3.8, 4) is 0 Å². The largest absolute Gasteiger partial charge is 0.342 e. The van der Waals surface area contributed by atoms with E-state index in [9.17, 15) is 13.2 Å². The van der Waals surface area contributed by atoms with Crippen LogP contribution in [0, 0.1) is 5.92 Å². The minimum atomic E-state index is -3.16. The number of rotatable bonds is 4. The van der Waals surface area contributed by atoms with Crippen LogP contribution < -0.4 is 0 Å². The van der Waals surface area contributed by atoms with Gasteiger partial charge >= 0.3 is 0 Å². The second kappa shape index (κ2) is 6.24. The molecule has 5 nitrogen and oxygen atoms in total. The van der Waals surface area contributed by atoms with Crippen LogP contribution in [0.2, 0.25) is 0 Å². The molecule has 0 spiro atoms. The molecule has 3 rings (SSSR count). The fraction of sp³-hybridized carbons (Fsp3) is 0.588. The lowest BCUT2D eigenvalue weighted by Gasteiger charge is -2.35. The van der Waals surface area contributed by atoms with E-state index in [1.54, 1.807) is 7.05 Å². The van der Waals surface area contributed by atoms with Gasteiger partial charge in [0.05, 0.1) is 6.26 Å². The Balaban J connectivity index is 1.54. The lowest BCUT2D eigenvalue weighted by atomic mass is 10.0. The van der Waals surface area contributed by atoms with E-state index >= 15 is 0 Å². The van der Waals surface area contributed by atoms with Gasteiger partial charge < -0.3 is 4.90 Å². The highest BCUT2D eigenvalue weighted by molar-refractivity contribution is 7.88. The third-order valence-corrected chi connectivity index (χ3v) is 6.49. The number of benzene rings is 1. The number of hydrogen-bond donors (Lipinski definition) is 0. The first-order valence-corrected chi connectivity index (χ1v) is 9.99. The molecule has 1 saturated heterocycles. The lowest BCUT2D eigenvalue weighted by molar-refractivity contribution is -0.134. The van der Waals surface area contributed by atoms with E-state index < -0.39 is 10.0 Å². The van der Waals surface area contributed by atoms with Crippen LogP contribution in [0.5, 0.6) is 0 Å². The zero-order chi connectivity index (χ0) is 16.6. The molecule has 6 heteroatoms. The van der Waals surface area contributed by atoms with Gasteiger partial charge in [0.25, 0.3) is 0 Å². The molecule has 1 aromatic carbocycles. The first-order chi connectivity index (χ1) is 10.9. The molecule has 1 saturated carbocycles. The van der Waals surface area contributed by atoms with Crippen molar-refractivity contribution >= 4 is 15.9 Å². The Hall–Kier alpha value is -1.40. The molecule has 2 aliphatic rings. The molecule has 23 heavy (non-hydrogen) atoms. The Bertz CT molecular complexity index is 666. The zero-order valence-electron chi connectivity index (χ0n) is 13.7. The predicted octanol–water partition coefficient (Wildman–Crippen LogP) is 1.67. The third-order valence-electron chi connectivity index (χ3n) is 5.15. The van der Waals surface area contributed by atoms with E-state index in [0.29, 0.717) is 19.0 Å². The molecule has 126 valence electrons. The van der Waals surface area contributed by atoms with Crippen molar-refractivity contribution in [2.75, 3.05) is 26.4 Å². The smallest absolute Gasteiger partial charge is 0.226 e. The molecule has 0 bridgehead atoms. The molecular formula is C17H24N2O3S. The minimum absolute atomic E-state index is 0.0122. The van der Waals surface area contributed by atoms with Gasteiger partial charge in [-0.1, -0.05) is 30.3 Å². The van der Waals surface area contributed by atoms with E-state index in [-0.39, 0.29) is 17.9 Å². The number of sulfonamides is 1. The molecule has 0 radical (unpaired) electrons. The Morgan fingerprint density at radius 3 is 2.35 bits per heavy atom. The summed E-state index contributed by atoms with van der Waals surface area (Å²) in [5.41, 5.74) is 1.25. The predicted molar refractivity (Wildman–Crippen MR) is 89.5 cm³/mol. The molecule has 0 unspecified atom stereocenters. The van der Waals surface area contributed by atoms with E-state index in [0.717, 1.165) is 19.3 Å². The highest BCUT2D eigenvalue weighted by Gasteiger charge is 2.46. The lowest BCUT2D eigenvalue weighted by Crippen LogP contribution is -2.47. The second-order valence-corrected chi connectivity index (χ2v) is 8.74. The van der Waals surface area contributed by atoms with Gasteiger partial charge in [0.2, 0.25) is 15.9 Å². The third kappa shape index (κ3) is 3.58. The van der Waals surface area contributed by atoms with Gasteiger partial charge in [-0.05, 0) is 30.7 Å². The van der Waals surface area contributed by atoms with Crippen LogP contribution in [0.3, 0.4) is 0 Å². The Kier molecular flexibility index (Phi) is 4.47. The van der Waals surface area contributed by atoms with Crippen molar-refractivity contribution in [3.05, 3.63) is 35.9 Å². The highest BCUT2D eigenvalue weighted by atomic mass is 32.2. The minimum Gasteiger partial charge on any atom is -0.342 e. The van der Waals surface area contributed by atoms with Crippen molar-refractivity contribution in [3.63, 3.8) is 0 Å². The first-order valence-electron chi connectivity index (χ1n) is 8.14. The SMILES string of the molecule is CN(C1CCN(C(=O)[C@@H]2C[C@H]2c2ccccc2)CC1)S(C)(=O)=O. The van der Waals surface area contributed by atoms with Crippen LogP contribution in [0.25, 0.3) is 0 Å². The molecule has 2 atom stereocenters. The van der Waals surface area contributed by atoms with Gasteiger partial charge in [0.15, 0.2) is 0 Å². The number of amides is 1. The fourth-order valence-corrected chi connectivity index (χ4v) is 4.24.